The molecule has 0 fully saturated rings. The molecule has 0 aliphatic rings. The molecule has 2 aromatic carbocycles. The molecular weight excluding hydrogens is 281 g/mol. The van der Waals surface area contributed by atoms with Gasteiger partial charge in [0, 0.05) is 6.42 Å². The predicted octanol–water partition coefficient (Wildman–Crippen LogP) is 3.90. The lowest BCUT2D eigenvalue weighted by Gasteiger charge is -2.09. The molecule has 0 aromatic heterocycles. The summed E-state index contributed by atoms with van der Waals surface area (Å²) in [6.07, 6.45) is -4.14. The Morgan fingerprint density at radius 2 is 1.57 bits per heavy atom. The average molecular weight is 294 g/mol. The molecule has 0 bridgehead atoms. The molecular formula is C16H13F3O2. The van der Waals surface area contributed by atoms with Gasteiger partial charge in [0.1, 0.15) is 12.4 Å². The topological polar surface area (TPSA) is 26.3 Å². The van der Waals surface area contributed by atoms with Crippen LogP contribution in [0.15, 0.2) is 54.6 Å². The zero-order valence-corrected chi connectivity index (χ0v) is 11.1. The van der Waals surface area contributed by atoms with E-state index in [2.05, 4.69) is 0 Å². The maximum Gasteiger partial charge on any atom is 0.416 e. The molecule has 0 atom stereocenters. The molecule has 5 heteroatoms. The first-order chi connectivity index (χ1) is 9.95. The van der Waals surface area contributed by atoms with Crippen LogP contribution in [-0.4, -0.2) is 12.4 Å². The largest absolute Gasteiger partial charge is 0.486 e. The van der Waals surface area contributed by atoms with Gasteiger partial charge in [0.25, 0.3) is 0 Å². The normalized spacial score (nSPS) is 11.2. The zero-order valence-electron chi connectivity index (χ0n) is 11.1. The van der Waals surface area contributed by atoms with Gasteiger partial charge in [0.2, 0.25) is 0 Å². The van der Waals surface area contributed by atoms with E-state index in [0.29, 0.717) is 0 Å². The second kappa shape index (κ2) is 6.43. The Morgan fingerprint density at radius 3 is 2.14 bits per heavy atom. The van der Waals surface area contributed by atoms with Crippen LogP contribution in [0.5, 0.6) is 5.75 Å². The Morgan fingerprint density at radius 1 is 0.952 bits per heavy atom. The SMILES string of the molecule is O=C(COc1ccc(C(F)(F)F)cc1)Cc1ccccc1. The molecule has 2 nitrogen and oxygen atoms in total. The number of carbonyl (C=O) groups excluding carboxylic acids is 1. The quantitative estimate of drug-likeness (QED) is 0.836. The molecule has 2 rings (SSSR count). The Balaban J connectivity index is 1.87. The summed E-state index contributed by atoms with van der Waals surface area (Å²) in [5, 5.41) is 0. The second-order valence-corrected chi connectivity index (χ2v) is 4.51. The first-order valence-corrected chi connectivity index (χ1v) is 6.31. The fraction of sp³-hybridized carbons (Fsp3) is 0.188. The molecule has 0 aliphatic heterocycles. The number of Topliss-reactive ketones (excluding diaryl/α,β-unsaturated/α-hetero) is 1. The van der Waals surface area contributed by atoms with Crippen molar-refractivity contribution in [2.75, 3.05) is 6.61 Å². The van der Waals surface area contributed by atoms with Gasteiger partial charge in [-0.05, 0) is 29.8 Å². The van der Waals surface area contributed by atoms with Gasteiger partial charge < -0.3 is 4.74 Å². The molecule has 0 spiro atoms. The van der Waals surface area contributed by atoms with E-state index in [1.54, 1.807) is 0 Å². The van der Waals surface area contributed by atoms with Crippen LogP contribution >= 0.6 is 0 Å². The fourth-order valence-corrected chi connectivity index (χ4v) is 1.78. The number of alkyl halides is 3. The number of ketones is 1. The van der Waals surface area contributed by atoms with Crippen LogP contribution < -0.4 is 4.74 Å². The minimum absolute atomic E-state index is 0.138. The molecule has 0 heterocycles. The molecule has 0 saturated heterocycles. The lowest BCUT2D eigenvalue weighted by Crippen LogP contribution is -2.14. The lowest BCUT2D eigenvalue weighted by atomic mass is 10.1. The Labute approximate surface area is 120 Å². The minimum atomic E-state index is -4.37. The number of benzene rings is 2. The summed E-state index contributed by atoms with van der Waals surface area (Å²) in [7, 11) is 0. The molecule has 0 radical (unpaired) electrons. The Bertz CT molecular complexity index is 589. The van der Waals surface area contributed by atoms with Crippen LogP contribution in [0.1, 0.15) is 11.1 Å². The van der Waals surface area contributed by atoms with Crippen LogP contribution in [0.3, 0.4) is 0 Å². The maximum atomic E-state index is 12.4. The predicted molar refractivity (Wildman–Crippen MR) is 72.1 cm³/mol. The van der Waals surface area contributed by atoms with Crippen LogP contribution in [0.2, 0.25) is 0 Å². The summed E-state index contributed by atoms with van der Waals surface area (Å²) in [6, 6.07) is 13.4. The van der Waals surface area contributed by atoms with E-state index >= 15 is 0 Å². The van der Waals surface area contributed by atoms with Crippen molar-refractivity contribution in [1.82, 2.24) is 0 Å². The van der Waals surface area contributed by atoms with Gasteiger partial charge in [0.15, 0.2) is 5.78 Å². The van der Waals surface area contributed by atoms with Crippen LogP contribution in [0.4, 0.5) is 13.2 Å². The highest BCUT2D eigenvalue weighted by molar-refractivity contribution is 5.82. The number of ether oxygens (including phenoxy) is 1. The van der Waals surface area contributed by atoms with Crippen molar-refractivity contribution in [2.24, 2.45) is 0 Å². The van der Waals surface area contributed by atoms with E-state index in [4.69, 9.17) is 4.74 Å². The summed E-state index contributed by atoms with van der Waals surface area (Å²) in [6.45, 7) is -0.166. The summed E-state index contributed by atoms with van der Waals surface area (Å²) in [5.74, 6) is 0.102. The van der Waals surface area contributed by atoms with Gasteiger partial charge in [-0.25, -0.2) is 0 Å². The fourth-order valence-electron chi connectivity index (χ4n) is 1.78. The number of hydrogen-bond donors (Lipinski definition) is 0. The lowest BCUT2D eigenvalue weighted by molar-refractivity contribution is -0.137. The van der Waals surface area contributed by atoms with Gasteiger partial charge in [-0.1, -0.05) is 30.3 Å². The maximum absolute atomic E-state index is 12.4. The third-order valence-corrected chi connectivity index (χ3v) is 2.83. The Kier molecular flexibility index (Phi) is 4.62. The smallest absolute Gasteiger partial charge is 0.416 e. The summed E-state index contributed by atoms with van der Waals surface area (Å²) < 4.78 is 42.3. The summed E-state index contributed by atoms with van der Waals surface area (Å²) in [5.41, 5.74) is 0.129. The van der Waals surface area contributed by atoms with Gasteiger partial charge in [-0.3, -0.25) is 4.79 Å². The van der Waals surface area contributed by atoms with E-state index in [0.717, 1.165) is 17.7 Å². The standard InChI is InChI=1S/C16H13F3O2/c17-16(18,19)13-6-8-15(9-7-13)21-11-14(20)10-12-4-2-1-3-5-12/h1-9H,10-11H2. The van der Waals surface area contributed by atoms with Crippen molar-refractivity contribution in [3.05, 3.63) is 65.7 Å². The van der Waals surface area contributed by atoms with Gasteiger partial charge in [-0.15, -0.1) is 0 Å². The van der Waals surface area contributed by atoms with E-state index in [-0.39, 0.29) is 24.6 Å². The third kappa shape index (κ3) is 4.63. The van der Waals surface area contributed by atoms with Crippen LogP contribution in [-0.2, 0) is 17.4 Å². The van der Waals surface area contributed by atoms with Gasteiger partial charge >= 0.3 is 6.18 Å². The number of hydrogen-bond acceptors (Lipinski definition) is 2. The van der Waals surface area contributed by atoms with E-state index < -0.39 is 11.7 Å². The van der Waals surface area contributed by atoms with E-state index in [9.17, 15) is 18.0 Å². The highest BCUT2D eigenvalue weighted by Gasteiger charge is 2.30. The van der Waals surface area contributed by atoms with Gasteiger partial charge in [0.05, 0.1) is 5.56 Å². The Hall–Kier alpha value is -2.30. The highest BCUT2D eigenvalue weighted by atomic mass is 19.4. The molecule has 21 heavy (non-hydrogen) atoms. The molecule has 0 unspecified atom stereocenters. The molecule has 0 saturated carbocycles. The monoisotopic (exact) mass is 294 g/mol. The first kappa shape index (κ1) is 15.1. The van der Waals surface area contributed by atoms with E-state index in [1.165, 1.54) is 12.1 Å². The van der Waals surface area contributed by atoms with Crippen molar-refractivity contribution in [3.63, 3.8) is 0 Å². The van der Waals surface area contributed by atoms with Crippen molar-refractivity contribution < 1.29 is 22.7 Å². The van der Waals surface area contributed by atoms with Crippen LogP contribution in [0, 0.1) is 0 Å². The molecule has 0 N–H and O–H groups in total. The van der Waals surface area contributed by atoms with Crippen molar-refractivity contribution in [3.8, 4) is 5.75 Å². The molecule has 0 aliphatic carbocycles. The highest BCUT2D eigenvalue weighted by Crippen LogP contribution is 2.30. The number of carbonyl (C=O) groups is 1. The molecule has 2 aromatic rings. The zero-order chi connectivity index (χ0) is 15.3. The van der Waals surface area contributed by atoms with Crippen molar-refractivity contribution in [1.29, 1.82) is 0 Å². The van der Waals surface area contributed by atoms with Crippen LogP contribution in [0.25, 0.3) is 0 Å². The third-order valence-electron chi connectivity index (χ3n) is 2.83. The number of halogens is 3. The number of rotatable bonds is 5. The second-order valence-electron chi connectivity index (χ2n) is 4.51. The average Bonchev–Trinajstić information content (AvgIpc) is 2.46. The van der Waals surface area contributed by atoms with Gasteiger partial charge in [-0.2, -0.15) is 13.2 Å². The summed E-state index contributed by atoms with van der Waals surface area (Å²) in [4.78, 5) is 11.7. The molecule has 110 valence electrons. The first-order valence-electron chi connectivity index (χ1n) is 6.31. The van der Waals surface area contributed by atoms with Crippen molar-refractivity contribution >= 4 is 5.78 Å². The summed E-state index contributed by atoms with van der Waals surface area (Å²) >= 11 is 0. The molecule has 0 amide bonds. The van der Waals surface area contributed by atoms with E-state index in [1.807, 2.05) is 30.3 Å². The minimum Gasteiger partial charge on any atom is -0.486 e. The van der Waals surface area contributed by atoms with Crippen molar-refractivity contribution in [2.45, 2.75) is 12.6 Å².